The predicted molar refractivity (Wildman–Crippen MR) is 196 cm³/mol. The molecule has 0 amide bonds. The van der Waals surface area contributed by atoms with E-state index in [1.165, 1.54) is 0 Å². The molecule has 1 fully saturated rings. The zero-order valence-electron chi connectivity index (χ0n) is 29.2. The SMILES string of the molecule is CCC(C)(O)CNCc1ncc(-c2cccc(-c3cccc4c3CC[C@@H]4Oc3nc(OC)c(CN4CC[C@H](C(=O)O)C4)cc3Cl)c2Cl)nc1OC. The number of rotatable bonds is 14. The summed E-state index contributed by atoms with van der Waals surface area (Å²) in [6, 6.07) is 13.8. The molecule has 2 aromatic carbocycles. The molecule has 0 saturated carbocycles. The van der Waals surface area contributed by atoms with Crippen molar-refractivity contribution in [3.05, 3.63) is 81.1 Å². The van der Waals surface area contributed by atoms with Crippen LogP contribution in [0.5, 0.6) is 17.6 Å². The van der Waals surface area contributed by atoms with Crippen molar-refractivity contribution in [3.8, 4) is 40.0 Å². The molecule has 11 nitrogen and oxygen atoms in total. The summed E-state index contributed by atoms with van der Waals surface area (Å²) in [6.45, 7) is 6.17. The topological polar surface area (TPSA) is 139 Å². The number of benzene rings is 2. The molecule has 0 bridgehead atoms. The Balaban J connectivity index is 1.21. The number of nitrogens with one attached hydrogen (secondary N) is 1. The standard InChI is InChI=1S/C38H43Cl2N5O6/c1-5-38(2,48)21-41-17-31-36(50-4)43-30(18-42-31)28-11-7-10-27(33(28)40)24-8-6-9-26-25(24)12-13-32(26)51-35-29(39)16-23(34(44-35)49-3)20-45-15-14-22(19-45)37(46)47/h6-11,16,18,22,32,41,48H,5,12-15,17,19-21H2,1-4H3,(H,46,47)/t22-,32-,38?/m0/s1. The van der Waals surface area contributed by atoms with Crippen molar-refractivity contribution in [1.29, 1.82) is 0 Å². The van der Waals surface area contributed by atoms with Crippen LogP contribution in [0, 0.1) is 5.92 Å². The lowest BCUT2D eigenvalue weighted by Crippen LogP contribution is -2.37. The van der Waals surface area contributed by atoms with Crippen LogP contribution in [0.1, 0.15) is 61.6 Å². The van der Waals surface area contributed by atoms with Crippen molar-refractivity contribution in [2.45, 2.75) is 64.3 Å². The molecule has 2 aliphatic rings. The van der Waals surface area contributed by atoms with Gasteiger partial charge >= 0.3 is 5.97 Å². The number of aliphatic hydroxyl groups is 1. The summed E-state index contributed by atoms with van der Waals surface area (Å²) in [5.74, 6) is -0.0783. The largest absolute Gasteiger partial charge is 0.481 e. The molecule has 2 aromatic heterocycles. The van der Waals surface area contributed by atoms with Gasteiger partial charge in [-0.3, -0.25) is 14.7 Å². The van der Waals surface area contributed by atoms with Gasteiger partial charge < -0.3 is 29.7 Å². The van der Waals surface area contributed by atoms with E-state index < -0.39 is 11.6 Å². The van der Waals surface area contributed by atoms with Gasteiger partial charge in [-0.2, -0.15) is 4.98 Å². The fraction of sp³-hybridized carbons (Fsp3) is 0.421. The first-order chi connectivity index (χ1) is 24.5. The van der Waals surface area contributed by atoms with Crippen LogP contribution in [0.15, 0.2) is 48.7 Å². The summed E-state index contributed by atoms with van der Waals surface area (Å²) in [5.41, 5.74) is 5.96. The monoisotopic (exact) mass is 735 g/mol. The number of aliphatic carboxylic acids is 1. The lowest BCUT2D eigenvalue weighted by Gasteiger charge is -2.21. The number of carboxylic acids is 1. The van der Waals surface area contributed by atoms with Crippen molar-refractivity contribution in [2.75, 3.05) is 33.9 Å². The molecule has 1 saturated heterocycles. The van der Waals surface area contributed by atoms with Crippen LogP contribution in [0.2, 0.25) is 10.0 Å². The van der Waals surface area contributed by atoms with Gasteiger partial charge in [0.05, 0.1) is 42.7 Å². The first kappa shape index (κ1) is 36.8. The Labute approximate surface area is 307 Å². The Morgan fingerprint density at radius 2 is 1.78 bits per heavy atom. The van der Waals surface area contributed by atoms with Crippen LogP contribution in [-0.4, -0.2) is 75.5 Å². The summed E-state index contributed by atoms with van der Waals surface area (Å²) in [4.78, 5) is 27.5. The maximum Gasteiger partial charge on any atom is 0.307 e. The predicted octanol–water partition coefficient (Wildman–Crippen LogP) is 6.75. The molecule has 6 rings (SSSR count). The second kappa shape index (κ2) is 15.7. The van der Waals surface area contributed by atoms with E-state index in [2.05, 4.69) is 32.3 Å². The molecule has 3 atom stereocenters. The maximum absolute atomic E-state index is 11.4. The zero-order valence-corrected chi connectivity index (χ0v) is 30.7. The molecule has 3 heterocycles. The lowest BCUT2D eigenvalue weighted by molar-refractivity contribution is -0.141. The number of ether oxygens (including phenoxy) is 3. The lowest BCUT2D eigenvalue weighted by atomic mass is 9.95. The number of aromatic nitrogens is 3. The normalized spacial score (nSPS) is 18.3. The highest BCUT2D eigenvalue weighted by molar-refractivity contribution is 6.36. The fourth-order valence-electron chi connectivity index (χ4n) is 6.74. The van der Waals surface area contributed by atoms with Gasteiger partial charge in [-0.25, -0.2) is 4.98 Å². The van der Waals surface area contributed by atoms with Gasteiger partial charge in [-0.15, -0.1) is 0 Å². The number of fused-ring (bicyclic) bond motifs is 1. The van der Waals surface area contributed by atoms with E-state index in [-0.39, 0.29) is 17.9 Å². The smallest absolute Gasteiger partial charge is 0.307 e. The Bertz CT molecular complexity index is 1910. The molecule has 1 aliphatic carbocycles. The molecule has 0 radical (unpaired) electrons. The minimum absolute atomic E-state index is 0.283. The van der Waals surface area contributed by atoms with Gasteiger partial charge in [-0.05, 0) is 61.9 Å². The fourth-order valence-corrected chi connectivity index (χ4v) is 7.28. The molecule has 3 N–H and O–H groups in total. The minimum Gasteiger partial charge on any atom is -0.481 e. The Morgan fingerprint density at radius 1 is 1.04 bits per heavy atom. The van der Waals surface area contributed by atoms with Crippen molar-refractivity contribution >= 4 is 29.2 Å². The quantitative estimate of drug-likeness (QED) is 0.127. The molecule has 0 spiro atoms. The number of hydrogen-bond donors (Lipinski definition) is 3. The van der Waals surface area contributed by atoms with E-state index in [4.69, 9.17) is 42.4 Å². The Kier molecular flexibility index (Phi) is 11.3. The molecule has 51 heavy (non-hydrogen) atoms. The average Bonchev–Trinajstić information content (AvgIpc) is 3.77. The Hall–Kier alpha value is -4.00. The molecular weight excluding hydrogens is 693 g/mol. The van der Waals surface area contributed by atoms with Crippen LogP contribution < -0.4 is 19.5 Å². The molecule has 4 aromatic rings. The second-order valence-electron chi connectivity index (χ2n) is 13.4. The van der Waals surface area contributed by atoms with Gasteiger partial charge in [0.2, 0.25) is 17.6 Å². The van der Waals surface area contributed by atoms with Crippen LogP contribution in [0.25, 0.3) is 22.4 Å². The highest BCUT2D eigenvalue weighted by Crippen LogP contribution is 2.44. The van der Waals surface area contributed by atoms with Crippen LogP contribution >= 0.6 is 23.2 Å². The highest BCUT2D eigenvalue weighted by Gasteiger charge is 2.31. The summed E-state index contributed by atoms with van der Waals surface area (Å²) in [6.07, 6.45) is 4.14. The van der Waals surface area contributed by atoms with E-state index in [1.54, 1.807) is 33.4 Å². The van der Waals surface area contributed by atoms with Gasteiger partial charge in [0.25, 0.3) is 0 Å². The second-order valence-corrected chi connectivity index (χ2v) is 14.1. The minimum atomic E-state index is -0.813. The van der Waals surface area contributed by atoms with Crippen LogP contribution in [0.3, 0.4) is 0 Å². The number of nitrogens with zero attached hydrogens (tertiary/aromatic N) is 4. The molecule has 13 heteroatoms. The number of carbonyl (C=O) groups is 1. The highest BCUT2D eigenvalue weighted by atomic mass is 35.5. The molecule has 1 unspecified atom stereocenters. The third-order valence-electron chi connectivity index (χ3n) is 9.79. The number of pyridine rings is 1. The van der Waals surface area contributed by atoms with Crippen molar-refractivity contribution in [2.24, 2.45) is 5.92 Å². The van der Waals surface area contributed by atoms with Gasteiger partial charge in [0.15, 0.2) is 0 Å². The third kappa shape index (κ3) is 8.08. The number of methoxy groups -OCH3 is 2. The summed E-state index contributed by atoms with van der Waals surface area (Å²) >= 11 is 13.9. The molecule has 270 valence electrons. The number of carboxylic acid groups (broad SMARTS) is 1. The average molecular weight is 737 g/mol. The first-order valence-electron chi connectivity index (χ1n) is 17.1. The van der Waals surface area contributed by atoms with E-state index in [0.29, 0.717) is 78.8 Å². The van der Waals surface area contributed by atoms with Crippen molar-refractivity contribution in [1.82, 2.24) is 25.2 Å². The van der Waals surface area contributed by atoms with Crippen LogP contribution in [-0.2, 0) is 24.3 Å². The van der Waals surface area contributed by atoms with E-state index >= 15 is 0 Å². The number of hydrogen-bond acceptors (Lipinski definition) is 10. The molecular formula is C38H43Cl2N5O6. The van der Waals surface area contributed by atoms with E-state index in [0.717, 1.165) is 46.2 Å². The van der Waals surface area contributed by atoms with Crippen molar-refractivity contribution in [3.63, 3.8) is 0 Å². The van der Waals surface area contributed by atoms with Gasteiger partial charge in [-0.1, -0.05) is 66.5 Å². The van der Waals surface area contributed by atoms with Crippen LogP contribution in [0.4, 0.5) is 0 Å². The first-order valence-corrected chi connectivity index (χ1v) is 17.9. The van der Waals surface area contributed by atoms with Gasteiger partial charge in [0, 0.05) is 42.9 Å². The summed E-state index contributed by atoms with van der Waals surface area (Å²) < 4.78 is 17.7. The summed E-state index contributed by atoms with van der Waals surface area (Å²) in [5, 5.41) is 23.9. The molecule has 1 aliphatic heterocycles. The van der Waals surface area contributed by atoms with E-state index in [9.17, 15) is 15.0 Å². The van der Waals surface area contributed by atoms with E-state index in [1.807, 2.05) is 31.2 Å². The van der Waals surface area contributed by atoms with Crippen molar-refractivity contribution < 1.29 is 29.2 Å². The maximum atomic E-state index is 11.4. The summed E-state index contributed by atoms with van der Waals surface area (Å²) in [7, 11) is 3.11. The number of halogens is 2. The number of likely N-dealkylation sites (tertiary alicyclic amines) is 1. The third-order valence-corrected chi connectivity index (χ3v) is 10.5. The Morgan fingerprint density at radius 3 is 2.51 bits per heavy atom. The van der Waals surface area contributed by atoms with Gasteiger partial charge in [0.1, 0.15) is 16.8 Å². The zero-order chi connectivity index (χ0) is 36.3.